The summed E-state index contributed by atoms with van der Waals surface area (Å²) in [6.45, 7) is 0. The van der Waals surface area contributed by atoms with Gasteiger partial charge >= 0.3 is 0 Å². The third-order valence-electron chi connectivity index (χ3n) is 2.52. The Balaban J connectivity index is 1.87. The zero-order chi connectivity index (χ0) is 15.1. The van der Waals surface area contributed by atoms with Gasteiger partial charge in [-0.2, -0.15) is 5.10 Å². The van der Waals surface area contributed by atoms with Crippen LogP contribution in [-0.4, -0.2) is 16.3 Å². The number of hydrazone groups is 1. The molecule has 0 saturated carbocycles. The van der Waals surface area contributed by atoms with Gasteiger partial charge in [-0.1, -0.05) is 18.2 Å². The van der Waals surface area contributed by atoms with Crippen LogP contribution < -0.4 is 10.7 Å². The molecule has 2 aromatic carbocycles. The van der Waals surface area contributed by atoms with E-state index in [2.05, 4.69) is 15.8 Å². The summed E-state index contributed by atoms with van der Waals surface area (Å²) in [6.07, 6.45) is 1.53. The Labute approximate surface area is 126 Å². The molecule has 0 saturated heterocycles. The minimum atomic E-state index is -0.446. The lowest BCUT2D eigenvalue weighted by Gasteiger charge is -2.05. The number of non-ortho nitro benzene ring substituents is 1. The number of thiocarbonyl (C=S) groups is 1. The maximum atomic E-state index is 10.5. The van der Waals surface area contributed by atoms with E-state index in [0.717, 1.165) is 11.3 Å². The molecule has 0 aliphatic rings. The number of hydrogen-bond donors (Lipinski definition) is 2. The SMILES string of the molecule is O=[N+]([O-])c1ccc(/C=N/NC(=S)Nc2ccccc2)cc1. The molecule has 7 heteroatoms. The summed E-state index contributed by atoms with van der Waals surface area (Å²) in [4.78, 5) is 10.1. The first-order valence-electron chi connectivity index (χ1n) is 6.05. The molecule has 2 N–H and O–H groups in total. The summed E-state index contributed by atoms with van der Waals surface area (Å²) in [5.74, 6) is 0. The molecule has 0 radical (unpaired) electrons. The molecule has 0 atom stereocenters. The third-order valence-corrected chi connectivity index (χ3v) is 2.71. The van der Waals surface area contributed by atoms with Crippen LogP contribution in [-0.2, 0) is 0 Å². The van der Waals surface area contributed by atoms with E-state index in [4.69, 9.17) is 12.2 Å². The van der Waals surface area contributed by atoms with Crippen LogP contribution in [0, 0.1) is 10.1 Å². The van der Waals surface area contributed by atoms with E-state index < -0.39 is 4.92 Å². The quantitative estimate of drug-likeness (QED) is 0.393. The fourth-order valence-corrected chi connectivity index (χ4v) is 1.70. The van der Waals surface area contributed by atoms with Crippen LogP contribution in [0.5, 0.6) is 0 Å². The summed E-state index contributed by atoms with van der Waals surface area (Å²) >= 11 is 5.08. The molecule has 0 heterocycles. The largest absolute Gasteiger partial charge is 0.331 e. The molecule has 0 bridgehead atoms. The Hall–Kier alpha value is -2.80. The van der Waals surface area contributed by atoms with Crippen LogP contribution in [0.1, 0.15) is 5.56 Å². The number of nitrogens with one attached hydrogen (secondary N) is 2. The van der Waals surface area contributed by atoms with Gasteiger partial charge in [-0.15, -0.1) is 0 Å². The fraction of sp³-hybridized carbons (Fsp3) is 0. The van der Waals surface area contributed by atoms with Gasteiger partial charge in [0.1, 0.15) is 0 Å². The van der Waals surface area contributed by atoms with Gasteiger partial charge in [0.15, 0.2) is 5.11 Å². The minimum Gasteiger partial charge on any atom is -0.331 e. The molecule has 2 rings (SSSR count). The molecule has 21 heavy (non-hydrogen) atoms. The Kier molecular flexibility index (Phi) is 4.94. The van der Waals surface area contributed by atoms with Gasteiger partial charge < -0.3 is 5.32 Å². The second-order valence-electron chi connectivity index (χ2n) is 4.04. The first-order valence-corrected chi connectivity index (χ1v) is 6.45. The van der Waals surface area contributed by atoms with Gasteiger partial charge in [-0.25, -0.2) is 0 Å². The van der Waals surface area contributed by atoms with Gasteiger partial charge in [0.05, 0.1) is 11.1 Å². The van der Waals surface area contributed by atoms with Gasteiger partial charge in [0.25, 0.3) is 5.69 Å². The Bertz CT molecular complexity index is 656. The average Bonchev–Trinajstić information content (AvgIpc) is 2.49. The zero-order valence-corrected chi connectivity index (χ0v) is 11.7. The first-order chi connectivity index (χ1) is 10.1. The molecule has 0 unspecified atom stereocenters. The van der Waals surface area contributed by atoms with Crippen molar-refractivity contribution in [3.8, 4) is 0 Å². The molecule has 106 valence electrons. The molecular formula is C14H12N4O2S. The molecule has 0 aliphatic carbocycles. The highest BCUT2D eigenvalue weighted by atomic mass is 32.1. The summed E-state index contributed by atoms with van der Waals surface area (Å²) in [5.41, 5.74) is 4.31. The van der Waals surface area contributed by atoms with Crippen molar-refractivity contribution in [1.82, 2.24) is 5.43 Å². The van der Waals surface area contributed by atoms with Crippen LogP contribution in [0.3, 0.4) is 0 Å². The Morgan fingerprint density at radius 2 is 1.81 bits per heavy atom. The van der Waals surface area contributed by atoms with E-state index >= 15 is 0 Å². The number of nitro groups is 1. The summed E-state index contributed by atoms with van der Waals surface area (Å²) < 4.78 is 0. The van der Waals surface area contributed by atoms with Crippen LogP contribution in [0.4, 0.5) is 11.4 Å². The highest BCUT2D eigenvalue weighted by Crippen LogP contribution is 2.10. The number of nitrogens with zero attached hydrogens (tertiary/aromatic N) is 2. The standard InChI is InChI=1S/C14H12N4O2S/c19-18(20)13-8-6-11(7-9-13)10-15-17-14(21)16-12-4-2-1-3-5-12/h1-10H,(H2,16,17,21)/b15-10+. The molecule has 0 fully saturated rings. The van der Waals surface area contributed by atoms with E-state index in [1.54, 1.807) is 12.1 Å². The smallest absolute Gasteiger partial charge is 0.269 e. The molecule has 0 aromatic heterocycles. The van der Waals surface area contributed by atoms with Crippen LogP contribution in [0.25, 0.3) is 0 Å². The van der Waals surface area contributed by atoms with Gasteiger partial charge in [-0.05, 0) is 42.0 Å². The summed E-state index contributed by atoms with van der Waals surface area (Å²) in [6, 6.07) is 15.5. The van der Waals surface area contributed by atoms with E-state index in [0.29, 0.717) is 5.11 Å². The van der Waals surface area contributed by atoms with E-state index in [1.165, 1.54) is 18.3 Å². The second-order valence-corrected chi connectivity index (χ2v) is 4.45. The normalized spacial score (nSPS) is 10.3. The Morgan fingerprint density at radius 3 is 2.43 bits per heavy atom. The lowest BCUT2D eigenvalue weighted by atomic mass is 10.2. The van der Waals surface area contributed by atoms with Gasteiger partial charge in [0.2, 0.25) is 0 Å². The van der Waals surface area contributed by atoms with Crippen molar-refractivity contribution >= 4 is 34.9 Å². The maximum absolute atomic E-state index is 10.5. The van der Waals surface area contributed by atoms with Crippen LogP contribution in [0.15, 0.2) is 59.7 Å². The average molecular weight is 300 g/mol. The number of nitro benzene ring substituents is 1. The van der Waals surface area contributed by atoms with Crippen LogP contribution in [0.2, 0.25) is 0 Å². The summed E-state index contributed by atoms with van der Waals surface area (Å²) in [5, 5.41) is 17.8. The minimum absolute atomic E-state index is 0.0429. The molecule has 0 aliphatic heterocycles. The molecule has 2 aromatic rings. The monoisotopic (exact) mass is 300 g/mol. The zero-order valence-electron chi connectivity index (χ0n) is 10.9. The van der Waals surface area contributed by atoms with Crippen molar-refractivity contribution in [2.45, 2.75) is 0 Å². The second kappa shape index (κ2) is 7.11. The predicted molar refractivity (Wildman–Crippen MR) is 86.5 cm³/mol. The van der Waals surface area contributed by atoms with Gasteiger partial charge in [0, 0.05) is 17.8 Å². The molecule has 0 amide bonds. The number of rotatable bonds is 4. The predicted octanol–water partition coefficient (Wildman–Crippen LogP) is 2.92. The van der Waals surface area contributed by atoms with Crippen molar-refractivity contribution in [2.75, 3.05) is 5.32 Å². The summed E-state index contributed by atoms with van der Waals surface area (Å²) in [7, 11) is 0. The highest BCUT2D eigenvalue weighted by Gasteiger charge is 2.02. The Morgan fingerprint density at radius 1 is 1.14 bits per heavy atom. The maximum Gasteiger partial charge on any atom is 0.269 e. The third kappa shape index (κ3) is 4.66. The highest BCUT2D eigenvalue weighted by molar-refractivity contribution is 7.80. The number of hydrogen-bond acceptors (Lipinski definition) is 4. The van der Waals surface area contributed by atoms with Crippen molar-refractivity contribution in [2.24, 2.45) is 5.10 Å². The van der Waals surface area contributed by atoms with Gasteiger partial charge in [-0.3, -0.25) is 15.5 Å². The van der Waals surface area contributed by atoms with Crippen molar-refractivity contribution in [1.29, 1.82) is 0 Å². The first kappa shape index (κ1) is 14.6. The molecular weight excluding hydrogens is 288 g/mol. The topological polar surface area (TPSA) is 79.6 Å². The lowest BCUT2D eigenvalue weighted by Crippen LogP contribution is -2.23. The lowest BCUT2D eigenvalue weighted by molar-refractivity contribution is -0.384. The van der Waals surface area contributed by atoms with E-state index in [-0.39, 0.29) is 5.69 Å². The number of para-hydroxylation sites is 1. The van der Waals surface area contributed by atoms with Crippen molar-refractivity contribution in [3.63, 3.8) is 0 Å². The molecule has 0 spiro atoms. The van der Waals surface area contributed by atoms with Crippen molar-refractivity contribution < 1.29 is 4.92 Å². The van der Waals surface area contributed by atoms with Crippen molar-refractivity contribution in [3.05, 3.63) is 70.3 Å². The fourth-order valence-electron chi connectivity index (χ4n) is 1.53. The molecule has 6 nitrogen and oxygen atoms in total. The number of anilines is 1. The number of benzene rings is 2. The van der Waals surface area contributed by atoms with E-state index in [9.17, 15) is 10.1 Å². The van der Waals surface area contributed by atoms with E-state index in [1.807, 2.05) is 30.3 Å². The van der Waals surface area contributed by atoms with Crippen LogP contribution >= 0.6 is 12.2 Å².